The van der Waals surface area contributed by atoms with E-state index in [2.05, 4.69) is 9.88 Å². The predicted octanol–water partition coefficient (Wildman–Crippen LogP) is 3.46. The number of amides is 1. The molecular formula is C15H20ClN3O2. The molecule has 3 heterocycles. The molecule has 1 aromatic heterocycles. The Morgan fingerprint density at radius 3 is 2.90 bits per heavy atom. The van der Waals surface area contributed by atoms with Gasteiger partial charge >= 0.3 is 6.09 Å². The number of hydrogen-bond acceptors (Lipinski definition) is 4. The predicted molar refractivity (Wildman–Crippen MR) is 83.2 cm³/mol. The molecule has 0 spiro atoms. The van der Waals surface area contributed by atoms with E-state index < -0.39 is 5.60 Å². The van der Waals surface area contributed by atoms with E-state index in [9.17, 15) is 4.79 Å². The highest BCUT2D eigenvalue weighted by molar-refractivity contribution is 6.29. The van der Waals surface area contributed by atoms with E-state index >= 15 is 0 Å². The van der Waals surface area contributed by atoms with Crippen LogP contribution in [-0.4, -0.2) is 35.8 Å². The van der Waals surface area contributed by atoms with Crippen LogP contribution in [0.2, 0.25) is 5.15 Å². The zero-order chi connectivity index (χ0) is 15.2. The number of halogens is 1. The Balaban J connectivity index is 2.01. The first-order valence-corrected chi connectivity index (χ1v) is 7.67. The molecule has 0 aromatic carbocycles. The molecule has 5 nitrogen and oxygen atoms in total. The number of hydrogen-bond donors (Lipinski definition) is 0. The van der Waals surface area contributed by atoms with Gasteiger partial charge in [-0.15, -0.1) is 0 Å². The molecule has 21 heavy (non-hydrogen) atoms. The molecule has 0 unspecified atom stereocenters. The summed E-state index contributed by atoms with van der Waals surface area (Å²) in [5, 5.41) is 0.392. The number of piperidine rings is 1. The quantitative estimate of drug-likeness (QED) is 0.689. The molecule has 2 aliphatic heterocycles. The number of nitrogens with zero attached hydrogens (tertiary/aromatic N) is 3. The van der Waals surface area contributed by atoms with Gasteiger partial charge in [0.05, 0.1) is 11.7 Å². The van der Waals surface area contributed by atoms with E-state index in [1.165, 1.54) is 0 Å². The van der Waals surface area contributed by atoms with Crippen LogP contribution in [0.4, 0.5) is 16.3 Å². The fourth-order valence-electron chi connectivity index (χ4n) is 2.95. The minimum atomic E-state index is -0.526. The largest absolute Gasteiger partial charge is 0.443 e. The summed E-state index contributed by atoms with van der Waals surface area (Å²) >= 11 is 6.03. The van der Waals surface area contributed by atoms with Gasteiger partial charge < -0.3 is 9.64 Å². The Bertz CT molecular complexity index is 571. The van der Waals surface area contributed by atoms with E-state index in [1.807, 2.05) is 26.8 Å². The molecule has 2 bridgehead atoms. The van der Waals surface area contributed by atoms with E-state index in [-0.39, 0.29) is 12.1 Å². The number of carbonyl (C=O) groups excluding carboxylic acids is 1. The topological polar surface area (TPSA) is 45.7 Å². The lowest BCUT2D eigenvalue weighted by atomic mass is 10.00. The molecule has 1 fully saturated rings. The van der Waals surface area contributed by atoms with Crippen molar-refractivity contribution in [3.05, 3.63) is 17.3 Å². The van der Waals surface area contributed by atoms with Crippen molar-refractivity contribution in [2.45, 2.75) is 45.3 Å². The maximum absolute atomic E-state index is 12.6. The molecule has 2 aliphatic rings. The number of fused-ring (bicyclic) bond motifs is 4. The summed E-state index contributed by atoms with van der Waals surface area (Å²) in [5.74, 6) is 0.618. The highest BCUT2D eigenvalue weighted by Crippen LogP contribution is 2.39. The fraction of sp³-hybridized carbons (Fsp3) is 0.600. The number of ether oxygens (including phenoxy) is 1. The van der Waals surface area contributed by atoms with Gasteiger partial charge in [-0.25, -0.2) is 9.78 Å². The second-order valence-corrected chi connectivity index (χ2v) is 6.96. The molecule has 1 aromatic rings. The lowest BCUT2D eigenvalue weighted by Crippen LogP contribution is -2.56. The molecule has 3 rings (SSSR count). The molecule has 0 N–H and O–H groups in total. The summed E-state index contributed by atoms with van der Waals surface area (Å²) in [4.78, 5) is 20.9. The molecule has 114 valence electrons. The van der Waals surface area contributed by atoms with Crippen molar-refractivity contribution in [1.29, 1.82) is 0 Å². The van der Waals surface area contributed by atoms with E-state index in [4.69, 9.17) is 16.3 Å². The normalized spacial score (nSPS) is 21.0. The van der Waals surface area contributed by atoms with Crippen LogP contribution in [0.25, 0.3) is 0 Å². The second kappa shape index (κ2) is 5.05. The number of anilines is 2. The van der Waals surface area contributed by atoms with Crippen LogP contribution in [-0.2, 0) is 4.74 Å². The van der Waals surface area contributed by atoms with Crippen LogP contribution < -0.4 is 9.80 Å². The Labute approximate surface area is 129 Å². The standard InChI is InChI=1S/C15H20ClN3O2/c1-15(2,3)21-14(20)19-10-5-4-8-18(9-10)11-6-7-12(16)17-13(11)19/h6-7,10H,4-5,8-9H2,1-3H3/t10-/m0/s1. The SMILES string of the molecule is CC(C)(C)OC(=O)N1c2nc(Cl)ccc2N2CCC[C@H]1C2. The van der Waals surface area contributed by atoms with Crippen LogP contribution in [0.15, 0.2) is 12.1 Å². The van der Waals surface area contributed by atoms with Crippen LogP contribution >= 0.6 is 11.6 Å². The first-order chi connectivity index (χ1) is 9.85. The van der Waals surface area contributed by atoms with Gasteiger partial charge in [0.15, 0.2) is 5.82 Å². The smallest absolute Gasteiger partial charge is 0.416 e. The maximum Gasteiger partial charge on any atom is 0.416 e. The summed E-state index contributed by atoms with van der Waals surface area (Å²) in [7, 11) is 0. The van der Waals surface area contributed by atoms with Crippen LogP contribution in [0.1, 0.15) is 33.6 Å². The van der Waals surface area contributed by atoms with E-state index in [0.717, 1.165) is 31.6 Å². The lowest BCUT2D eigenvalue weighted by Gasteiger charge is -2.45. The third-order valence-electron chi connectivity index (χ3n) is 3.74. The molecule has 0 saturated carbocycles. The van der Waals surface area contributed by atoms with E-state index in [1.54, 1.807) is 11.0 Å². The minimum Gasteiger partial charge on any atom is -0.443 e. The molecule has 6 heteroatoms. The second-order valence-electron chi connectivity index (χ2n) is 6.57. The van der Waals surface area contributed by atoms with Crippen molar-refractivity contribution in [3.8, 4) is 0 Å². The summed E-state index contributed by atoms with van der Waals surface area (Å²) < 4.78 is 5.55. The van der Waals surface area contributed by atoms with Gasteiger partial charge in [-0.05, 0) is 45.7 Å². The first-order valence-electron chi connectivity index (χ1n) is 7.29. The van der Waals surface area contributed by atoms with E-state index in [0.29, 0.717) is 11.0 Å². The Morgan fingerprint density at radius 2 is 2.19 bits per heavy atom. The Kier molecular flexibility index (Phi) is 3.48. The van der Waals surface area contributed by atoms with Gasteiger partial charge in [0.2, 0.25) is 0 Å². The maximum atomic E-state index is 12.6. The number of aromatic nitrogens is 1. The summed E-state index contributed by atoms with van der Waals surface area (Å²) in [6.07, 6.45) is 1.68. The molecule has 1 atom stereocenters. The van der Waals surface area contributed by atoms with Gasteiger partial charge in [-0.2, -0.15) is 0 Å². The fourth-order valence-corrected chi connectivity index (χ4v) is 3.09. The van der Waals surface area contributed by atoms with Gasteiger partial charge in [0, 0.05) is 13.1 Å². The Hall–Kier alpha value is -1.49. The lowest BCUT2D eigenvalue weighted by molar-refractivity contribution is 0.0558. The van der Waals surface area contributed by atoms with Crippen molar-refractivity contribution in [1.82, 2.24) is 4.98 Å². The van der Waals surface area contributed by atoms with Gasteiger partial charge in [0.25, 0.3) is 0 Å². The van der Waals surface area contributed by atoms with Crippen molar-refractivity contribution in [2.24, 2.45) is 0 Å². The monoisotopic (exact) mass is 309 g/mol. The average Bonchev–Trinajstić information content (AvgIpc) is 2.36. The van der Waals surface area contributed by atoms with Crippen LogP contribution in [0.3, 0.4) is 0 Å². The molecule has 1 amide bonds. The molecule has 0 radical (unpaired) electrons. The highest BCUT2D eigenvalue weighted by Gasteiger charge is 2.40. The van der Waals surface area contributed by atoms with Gasteiger partial charge in [-0.1, -0.05) is 11.6 Å². The minimum absolute atomic E-state index is 0.104. The molecule has 1 saturated heterocycles. The van der Waals surface area contributed by atoms with Crippen molar-refractivity contribution in [2.75, 3.05) is 22.9 Å². The van der Waals surface area contributed by atoms with Crippen molar-refractivity contribution >= 4 is 29.2 Å². The molecule has 0 aliphatic carbocycles. The summed E-state index contributed by atoms with van der Waals surface area (Å²) in [6, 6.07) is 3.80. The zero-order valence-corrected chi connectivity index (χ0v) is 13.4. The third kappa shape index (κ3) is 2.79. The van der Waals surface area contributed by atoms with Crippen LogP contribution in [0, 0.1) is 0 Å². The van der Waals surface area contributed by atoms with Crippen molar-refractivity contribution in [3.63, 3.8) is 0 Å². The number of pyridine rings is 1. The number of carbonyl (C=O) groups is 1. The average molecular weight is 310 g/mol. The first kappa shape index (κ1) is 14.4. The van der Waals surface area contributed by atoms with Gasteiger partial charge in [0.1, 0.15) is 10.8 Å². The number of rotatable bonds is 0. The summed E-state index contributed by atoms with van der Waals surface area (Å²) in [6.45, 7) is 7.43. The summed E-state index contributed by atoms with van der Waals surface area (Å²) in [5.41, 5.74) is 0.433. The van der Waals surface area contributed by atoms with Gasteiger partial charge in [-0.3, -0.25) is 4.90 Å². The zero-order valence-electron chi connectivity index (χ0n) is 12.6. The third-order valence-corrected chi connectivity index (χ3v) is 3.95. The van der Waals surface area contributed by atoms with Crippen LogP contribution in [0.5, 0.6) is 0 Å². The van der Waals surface area contributed by atoms with Crippen molar-refractivity contribution < 1.29 is 9.53 Å². The highest BCUT2D eigenvalue weighted by atomic mass is 35.5. The Morgan fingerprint density at radius 1 is 1.43 bits per heavy atom. The molecular weight excluding hydrogens is 290 g/mol.